The molecule has 2 N–H and O–H groups in total. The van der Waals surface area contributed by atoms with E-state index >= 15 is 0 Å². The molecule has 0 atom stereocenters. The van der Waals surface area contributed by atoms with Crippen molar-refractivity contribution in [3.8, 4) is 0 Å². The lowest BCUT2D eigenvalue weighted by molar-refractivity contribution is -0.136. The lowest BCUT2D eigenvalue weighted by Gasteiger charge is -2.04. The van der Waals surface area contributed by atoms with E-state index in [1.165, 1.54) is 16.9 Å². The number of anilines is 2. The van der Waals surface area contributed by atoms with Crippen molar-refractivity contribution in [2.75, 3.05) is 5.32 Å². The van der Waals surface area contributed by atoms with E-state index < -0.39 is 5.97 Å². The highest BCUT2D eigenvalue weighted by Crippen LogP contribution is 2.22. The molecule has 0 saturated heterocycles. The third kappa shape index (κ3) is 4.35. The van der Waals surface area contributed by atoms with E-state index in [2.05, 4.69) is 29.4 Å². The Bertz CT molecular complexity index is 564. The van der Waals surface area contributed by atoms with Gasteiger partial charge >= 0.3 is 5.97 Å². The standard InChI is InChI=1S/C15H18N2O2S/c1-2-3-11-4-6-12(7-5-11)16-15-17-13(10-20-15)8-9-14(18)19/h4-7,10H,2-3,8-9H2,1H3,(H,16,17)(H,18,19). The van der Waals surface area contributed by atoms with Gasteiger partial charge in [0.2, 0.25) is 0 Å². The number of carboxylic acids is 1. The summed E-state index contributed by atoms with van der Waals surface area (Å²) < 4.78 is 0. The number of aliphatic carboxylic acids is 1. The number of benzene rings is 1. The first-order valence-corrected chi connectivity index (χ1v) is 7.57. The average molecular weight is 290 g/mol. The van der Waals surface area contributed by atoms with Crippen molar-refractivity contribution >= 4 is 28.1 Å². The van der Waals surface area contributed by atoms with Gasteiger partial charge < -0.3 is 10.4 Å². The number of thiazole rings is 1. The van der Waals surface area contributed by atoms with E-state index in [-0.39, 0.29) is 6.42 Å². The molecule has 4 nitrogen and oxygen atoms in total. The summed E-state index contributed by atoms with van der Waals surface area (Å²) in [4.78, 5) is 14.9. The third-order valence-electron chi connectivity index (χ3n) is 2.89. The summed E-state index contributed by atoms with van der Waals surface area (Å²) in [6.45, 7) is 2.17. The van der Waals surface area contributed by atoms with Gasteiger partial charge in [-0.25, -0.2) is 4.98 Å². The van der Waals surface area contributed by atoms with Crippen LogP contribution in [0.2, 0.25) is 0 Å². The first kappa shape index (κ1) is 14.5. The van der Waals surface area contributed by atoms with Gasteiger partial charge in [0, 0.05) is 17.5 Å². The quantitative estimate of drug-likeness (QED) is 0.813. The predicted octanol–water partition coefficient (Wildman–Crippen LogP) is 3.86. The summed E-state index contributed by atoms with van der Waals surface area (Å²) in [5.74, 6) is -0.793. The van der Waals surface area contributed by atoms with Crippen molar-refractivity contribution in [3.05, 3.63) is 40.9 Å². The van der Waals surface area contributed by atoms with Gasteiger partial charge in [-0.3, -0.25) is 4.79 Å². The largest absolute Gasteiger partial charge is 0.481 e. The SMILES string of the molecule is CCCc1ccc(Nc2nc(CCC(=O)O)cs2)cc1. The lowest BCUT2D eigenvalue weighted by Crippen LogP contribution is -1.98. The van der Waals surface area contributed by atoms with Crippen LogP contribution in [0.25, 0.3) is 0 Å². The van der Waals surface area contributed by atoms with E-state index in [1.807, 2.05) is 17.5 Å². The summed E-state index contributed by atoms with van der Waals surface area (Å²) in [6, 6.07) is 8.32. The summed E-state index contributed by atoms with van der Waals surface area (Å²) in [5, 5.41) is 14.6. The Morgan fingerprint density at radius 2 is 2.05 bits per heavy atom. The minimum absolute atomic E-state index is 0.120. The van der Waals surface area contributed by atoms with E-state index in [4.69, 9.17) is 5.11 Å². The zero-order valence-corrected chi connectivity index (χ0v) is 12.2. The van der Waals surface area contributed by atoms with E-state index in [0.29, 0.717) is 6.42 Å². The van der Waals surface area contributed by atoms with E-state index in [0.717, 1.165) is 29.4 Å². The molecule has 0 saturated carbocycles. The molecule has 0 fully saturated rings. The Kier molecular flexibility index (Phi) is 5.12. The van der Waals surface area contributed by atoms with Crippen molar-refractivity contribution in [1.82, 2.24) is 4.98 Å². The molecule has 1 aromatic heterocycles. The van der Waals surface area contributed by atoms with Crippen molar-refractivity contribution in [2.45, 2.75) is 32.6 Å². The Labute approximate surface area is 122 Å². The maximum atomic E-state index is 10.5. The van der Waals surface area contributed by atoms with Crippen LogP contribution in [0.1, 0.15) is 31.0 Å². The van der Waals surface area contributed by atoms with Crippen LogP contribution >= 0.6 is 11.3 Å². The molecule has 0 unspecified atom stereocenters. The Balaban J connectivity index is 1.94. The number of carbonyl (C=O) groups is 1. The molecule has 1 heterocycles. The first-order chi connectivity index (χ1) is 9.67. The molecule has 2 rings (SSSR count). The molecular formula is C15H18N2O2S. The molecule has 5 heteroatoms. The zero-order valence-electron chi connectivity index (χ0n) is 11.4. The monoisotopic (exact) mass is 290 g/mol. The van der Waals surface area contributed by atoms with Crippen LogP contribution in [-0.4, -0.2) is 16.1 Å². The van der Waals surface area contributed by atoms with Crippen molar-refractivity contribution in [1.29, 1.82) is 0 Å². The number of aryl methyl sites for hydroxylation is 2. The minimum atomic E-state index is -0.793. The summed E-state index contributed by atoms with van der Waals surface area (Å²) in [6.07, 6.45) is 2.83. The zero-order chi connectivity index (χ0) is 14.4. The number of carboxylic acid groups (broad SMARTS) is 1. The number of hydrogen-bond donors (Lipinski definition) is 2. The predicted molar refractivity (Wildman–Crippen MR) is 81.8 cm³/mol. The van der Waals surface area contributed by atoms with Crippen LogP contribution in [-0.2, 0) is 17.6 Å². The topological polar surface area (TPSA) is 62.2 Å². The van der Waals surface area contributed by atoms with Gasteiger partial charge in [0.1, 0.15) is 0 Å². The second kappa shape index (κ2) is 7.05. The molecule has 0 radical (unpaired) electrons. The second-order valence-electron chi connectivity index (χ2n) is 4.61. The lowest BCUT2D eigenvalue weighted by atomic mass is 10.1. The molecule has 1 aromatic carbocycles. The highest BCUT2D eigenvalue weighted by Gasteiger charge is 2.05. The van der Waals surface area contributed by atoms with Crippen LogP contribution in [0.3, 0.4) is 0 Å². The molecule has 0 spiro atoms. The fourth-order valence-corrected chi connectivity index (χ4v) is 2.65. The van der Waals surface area contributed by atoms with Crippen molar-refractivity contribution in [3.63, 3.8) is 0 Å². The number of nitrogens with zero attached hydrogens (tertiary/aromatic N) is 1. The smallest absolute Gasteiger partial charge is 0.303 e. The molecular weight excluding hydrogens is 272 g/mol. The molecule has 2 aromatic rings. The van der Waals surface area contributed by atoms with Gasteiger partial charge in [-0.2, -0.15) is 0 Å². The van der Waals surface area contributed by atoms with Crippen molar-refractivity contribution < 1.29 is 9.90 Å². The van der Waals surface area contributed by atoms with Gasteiger partial charge in [-0.15, -0.1) is 11.3 Å². The minimum Gasteiger partial charge on any atom is -0.481 e. The third-order valence-corrected chi connectivity index (χ3v) is 3.70. The molecule has 0 aliphatic carbocycles. The Morgan fingerprint density at radius 1 is 1.30 bits per heavy atom. The second-order valence-corrected chi connectivity index (χ2v) is 5.47. The van der Waals surface area contributed by atoms with Gasteiger partial charge in [0.15, 0.2) is 5.13 Å². The molecule has 0 aliphatic heterocycles. The molecule has 106 valence electrons. The van der Waals surface area contributed by atoms with E-state index in [9.17, 15) is 4.79 Å². The number of nitrogens with one attached hydrogen (secondary N) is 1. The fraction of sp³-hybridized carbons (Fsp3) is 0.333. The highest BCUT2D eigenvalue weighted by atomic mass is 32.1. The summed E-state index contributed by atoms with van der Waals surface area (Å²) in [5.41, 5.74) is 3.16. The van der Waals surface area contributed by atoms with Crippen LogP contribution in [0.5, 0.6) is 0 Å². The van der Waals surface area contributed by atoms with Crippen LogP contribution in [0.4, 0.5) is 10.8 Å². The van der Waals surface area contributed by atoms with Crippen LogP contribution in [0, 0.1) is 0 Å². The molecule has 0 aliphatic rings. The number of hydrogen-bond acceptors (Lipinski definition) is 4. The number of aromatic nitrogens is 1. The summed E-state index contributed by atoms with van der Waals surface area (Å²) >= 11 is 1.50. The van der Waals surface area contributed by atoms with Crippen LogP contribution in [0.15, 0.2) is 29.6 Å². The Hall–Kier alpha value is -1.88. The van der Waals surface area contributed by atoms with Gasteiger partial charge in [0.05, 0.1) is 12.1 Å². The molecule has 0 amide bonds. The Morgan fingerprint density at radius 3 is 2.70 bits per heavy atom. The molecule has 0 bridgehead atoms. The van der Waals surface area contributed by atoms with E-state index in [1.54, 1.807) is 0 Å². The van der Waals surface area contributed by atoms with Gasteiger partial charge in [-0.1, -0.05) is 25.5 Å². The van der Waals surface area contributed by atoms with Crippen molar-refractivity contribution in [2.24, 2.45) is 0 Å². The van der Waals surface area contributed by atoms with Crippen LogP contribution < -0.4 is 5.32 Å². The maximum absolute atomic E-state index is 10.5. The average Bonchev–Trinajstić information content (AvgIpc) is 2.87. The normalized spacial score (nSPS) is 10.4. The highest BCUT2D eigenvalue weighted by molar-refractivity contribution is 7.13. The summed E-state index contributed by atoms with van der Waals surface area (Å²) in [7, 11) is 0. The first-order valence-electron chi connectivity index (χ1n) is 6.69. The maximum Gasteiger partial charge on any atom is 0.303 e. The van der Waals surface area contributed by atoms with Gasteiger partial charge in [0.25, 0.3) is 0 Å². The van der Waals surface area contributed by atoms with Gasteiger partial charge in [-0.05, 0) is 24.1 Å². The number of rotatable bonds is 7. The fourth-order valence-electron chi connectivity index (χ4n) is 1.88. The molecule has 20 heavy (non-hydrogen) atoms.